The SMILES string of the molecule is Cc1ccc2c(cnn2C2CCCCO2)c1C1=C(F)C2=C(NN1)C(N1CCCC(C)(O)C1)NC(OCC13CCCN1CCC3)=N2. The van der Waals surface area contributed by atoms with E-state index in [4.69, 9.17) is 19.6 Å². The summed E-state index contributed by atoms with van der Waals surface area (Å²) in [5.41, 5.74) is 9.42. The molecule has 1 aromatic carbocycles. The first-order valence-corrected chi connectivity index (χ1v) is 16.8. The molecule has 8 rings (SSSR count). The molecule has 1 aromatic heterocycles. The summed E-state index contributed by atoms with van der Waals surface area (Å²) >= 11 is 0. The second-order valence-corrected chi connectivity index (χ2v) is 14.0. The average molecular weight is 621 g/mol. The van der Waals surface area contributed by atoms with E-state index in [0.29, 0.717) is 30.6 Å². The van der Waals surface area contributed by atoms with Gasteiger partial charge in [0.25, 0.3) is 6.02 Å². The zero-order valence-corrected chi connectivity index (χ0v) is 26.4. The van der Waals surface area contributed by atoms with E-state index in [1.165, 1.54) is 12.8 Å². The summed E-state index contributed by atoms with van der Waals surface area (Å²) in [6.07, 6.45) is 10.4. The number of benzene rings is 1. The highest BCUT2D eigenvalue weighted by molar-refractivity contribution is 5.94. The molecule has 0 amide bonds. The van der Waals surface area contributed by atoms with Crippen LogP contribution in [-0.2, 0) is 9.47 Å². The average Bonchev–Trinajstić information content (AvgIpc) is 3.75. The minimum atomic E-state index is -0.833. The van der Waals surface area contributed by atoms with E-state index < -0.39 is 17.6 Å². The minimum absolute atomic E-state index is 0.0318. The number of amidine groups is 1. The number of rotatable bonds is 5. The van der Waals surface area contributed by atoms with Crippen LogP contribution >= 0.6 is 0 Å². The maximum Gasteiger partial charge on any atom is 0.291 e. The Bertz CT molecular complexity index is 1560. The Kier molecular flexibility index (Phi) is 7.31. The number of allylic oxidation sites excluding steroid dienone is 1. The molecule has 6 aliphatic heterocycles. The van der Waals surface area contributed by atoms with Crippen LogP contribution in [0.3, 0.4) is 0 Å². The molecule has 0 aliphatic carbocycles. The van der Waals surface area contributed by atoms with E-state index >= 15 is 4.39 Å². The summed E-state index contributed by atoms with van der Waals surface area (Å²) in [5, 5.41) is 20.0. The van der Waals surface area contributed by atoms with Gasteiger partial charge in [-0.3, -0.25) is 20.7 Å². The largest absolute Gasteiger partial charge is 0.463 e. The lowest BCUT2D eigenvalue weighted by Crippen LogP contribution is -2.61. The summed E-state index contributed by atoms with van der Waals surface area (Å²) in [5.74, 6) is -0.445. The van der Waals surface area contributed by atoms with Crippen molar-refractivity contribution in [2.24, 2.45) is 4.99 Å². The Hall–Kier alpha value is -3.19. The van der Waals surface area contributed by atoms with Gasteiger partial charge >= 0.3 is 0 Å². The van der Waals surface area contributed by atoms with Crippen LogP contribution in [0.25, 0.3) is 16.6 Å². The number of piperidine rings is 1. The first-order valence-electron chi connectivity index (χ1n) is 16.8. The van der Waals surface area contributed by atoms with Crippen molar-refractivity contribution in [1.82, 2.24) is 35.7 Å². The Morgan fingerprint density at radius 2 is 1.91 bits per heavy atom. The summed E-state index contributed by atoms with van der Waals surface area (Å²) in [6, 6.07) is 4.38. The van der Waals surface area contributed by atoms with Gasteiger partial charge in [0.2, 0.25) is 0 Å². The summed E-state index contributed by atoms with van der Waals surface area (Å²) < 4.78 is 31.4. The van der Waals surface area contributed by atoms with Gasteiger partial charge in [0.15, 0.2) is 12.1 Å². The van der Waals surface area contributed by atoms with Crippen molar-refractivity contribution in [2.75, 3.05) is 39.4 Å². The van der Waals surface area contributed by atoms with Crippen molar-refractivity contribution in [3.8, 4) is 0 Å². The van der Waals surface area contributed by atoms with Gasteiger partial charge in [-0.2, -0.15) is 10.1 Å². The summed E-state index contributed by atoms with van der Waals surface area (Å²) in [6.45, 7) is 8.52. The standard InChI is InChI=1S/C33H45FN8O3/c1-21-9-10-23-22(18-35-42(23)24-8-3-4-17-44-24)25(21)27-26(34)28-29(39-38-27)30(40-14-5-11-32(2,43)19-40)37-31(36-28)45-20-33-12-6-15-41(33)16-7-13-33/h9-10,18,24,30,38-39,43H,3-8,11-17,19-20H2,1-2H3,(H,36,37). The zero-order valence-electron chi connectivity index (χ0n) is 26.4. The molecule has 0 spiro atoms. The Morgan fingerprint density at radius 1 is 1.09 bits per heavy atom. The van der Waals surface area contributed by atoms with E-state index in [1.807, 2.05) is 36.9 Å². The van der Waals surface area contributed by atoms with Crippen LogP contribution in [0.4, 0.5) is 4.39 Å². The lowest BCUT2D eigenvalue weighted by atomic mass is 9.94. The number of fused-ring (bicyclic) bond motifs is 2. The van der Waals surface area contributed by atoms with E-state index in [-0.39, 0.29) is 17.5 Å². The van der Waals surface area contributed by atoms with Crippen LogP contribution in [0, 0.1) is 6.92 Å². The first kappa shape index (κ1) is 29.2. The Labute approximate surface area is 263 Å². The van der Waals surface area contributed by atoms with Gasteiger partial charge < -0.3 is 19.9 Å². The van der Waals surface area contributed by atoms with Gasteiger partial charge in [0.05, 0.1) is 28.6 Å². The second kappa shape index (κ2) is 11.3. The molecule has 4 saturated heterocycles. The second-order valence-electron chi connectivity index (χ2n) is 14.0. The number of β-amino-alcohol motifs (C(OH)–C–C–N with tert-alkyl or cyclic N) is 1. The monoisotopic (exact) mass is 620 g/mol. The van der Waals surface area contributed by atoms with Gasteiger partial charge in [-0.15, -0.1) is 0 Å². The molecule has 242 valence electrons. The molecule has 12 heteroatoms. The quantitative estimate of drug-likeness (QED) is 0.397. The van der Waals surface area contributed by atoms with E-state index in [9.17, 15) is 5.11 Å². The number of aliphatic hydroxyl groups is 1. The fourth-order valence-electron chi connectivity index (χ4n) is 8.48. The van der Waals surface area contributed by atoms with Gasteiger partial charge in [0, 0.05) is 30.6 Å². The number of aliphatic imine (C=N–C) groups is 1. The maximum atomic E-state index is 17.0. The molecule has 3 atom stereocenters. The van der Waals surface area contributed by atoms with Crippen molar-refractivity contribution < 1.29 is 19.0 Å². The number of nitrogens with one attached hydrogen (secondary N) is 3. The number of aromatic nitrogens is 2. The van der Waals surface area contributed by atoms with Crippen LogP contribution < -0.4 is 16.2 Å². The molecule has 4 fully saturated rings. The Balaban J connectivity index is 1.17. The molecule has 45 heavy (non-hydrogen) atoms. The molecule has 7 heterocycles. The number of hydrazine groups is 1. The van der Waals surface area contributed by atoms with Crippen molar-refractivity contribution in [1.29, 1.82) is 0 Å². The molecule has 0 bridgehead atoms. The highest BCUT2D eigenvalue weighted by Crippen LogP contribution is 2.40. The number of ether oxygens (including phenoxy) is 2. The van der Waals surface area contributed by atoms with Crippen molar-refractivity contribution >= 4 is 22.6 Å². The highest BCUT2D eigenvalue weighted by atomic mass is 19.1. The smallest absolute Gasteiger partial charge is 0.291 e. The normalized spacial score (nSPS) is 30.4. The van der Waals surface area contributed by atoms with Crippen LogP contribution in [-0.4, -0.2) is 87.4 Å². The molecule has 4 N–H and O–H groups in total. The Morgan fingerprint density at radius 3 is 2.69 bits per heavy atom. The molecule has 3 unspecified atom stereocenters. The van der Waals surface area contributed by atoms with Gasteiger partial charge in [-0.25, -0.2) is 9.07 Å². The zero-order chi connectivity index (χ0) is 30.8. The van der Waals surface area contributed by atoms with Crippen LogP contribution in [0.15, 0.2) is 40.5 Å². The molecule has 0 radical (unpaired) electrons. The number of aryl methyl sites for hydroxylation is 1. The van der Waals surface area contributed by atoms with Crippen molar-refractivity contribution in [2.45, 2.75) is 95.2 Å². The minimum Gasteiger partial charge on any atom is -0.463 e. The topological polar surface area (TPSA) is 111 Å². The number of likely N-dealkylation sites (tertiary alicyclic amines) is 1. The predicted molar refractivity (Wildman–Crippen MR) is 169 cm³/mol. The van der Waals surface area contributed by atoms with E-state index in [1.54, 1.807) is 0 Å². The van der Waals surface area contributed by atoms with E-state index in [2.05, 4.69) is 26.0 Å². The number of hydrogen-bond donors (Lipinski definition) is 4. The van der Waals surface area contributed by atoms with Crippen LogP contribution in [0.1, 0.15) is 82.1 Å². The van der Waals surface area contributed by atoms with Crippen LogP contribution in [0.5, 0.6) is 0 Å². The molecule has 6 aliphatic rings. The lowest BCUT2D eigenvalue weighted by molar-refractivity contribution is -0.0366. The van der Waals surface area contributed by atoms with Crippen molar-refractivity contribution in [3.05, 3.63) is 46.7 Å². The first-order chi connectivity index (χ1) is 21.8. The van der Waals surface area contributed by atoms with E-state index in [0.717, 1.165) is 93.2 Å². The molecular formula is C33H45FN8O3. The number of hydrogen-bond acceptors (Lipinski definition) is 10. The lowest BCUT2D eigenvalue weighted by Gasteiger charge is -2.44. The fourth-order valence-corrected chi connectivity index (χ4v) is 8.48. The van der Waals surface area contributed by atoms with Crippen molar-refractivity contribution in [3.63, 3.8) is 0 Å². The third-order valence-corrected chi connectivity index (χ3v) is 10.8. The third-order valence-electron chi connectivity index (χ3n) is 10.8. The number of halogens is 1. The third kappa shape index (κ3) is 5.10. The van der Waals surface area contributed by atoms with Crippen LogP contribution in [0.2, 0.25) is 0 Å². The molecular weight excluding hydrogens is 575 g/mol. The van der Waals surface area contributed by atoms with Gasteiger partial charge in [0.1, 0.15) is 24.2 Å². The molecule has 0 saturated carbocycles. The maximum absolute atomic E-state index is 17.0. The number of nitrogens with zero attached hydrogens (tertiary/aromatic N) is 5. The summed E-state index contributed by atoms with van der Waals surface area (Å²) in [4.78, 5) is 9.48. The molecule has 2 aromatic rings. The molecule has 11 nitrogen and oxygen atoms in total. The van der Waals surface area contributed by atoms with Gasteiger partial charge in [-0.05, 0) is 96.4 Å². The summed E-state index contributed by atoms with van der Waals surface area (Å²) in [7, 11) is 0. The fraction of sp³-hybridized carbons (Fsp3) is 0.636. The van der Waals surface area contributed by atoms with Gasteiger partial charge in [-0.1, -0.05) is 6.07 Å². The predicted octanol–water partition coefficient (Wildman–Crippen LogP) is 3.78. The highest BCUT2D eigenvalue weighted by Gasteiger charge is 2.46.